The van der Waals surface area contributed by atoms with Crippen LogP contribution in [0.25, 0.3) is 44.2 Å². The minimum absolute atomic E-state index is 0.0124. The largest absolute Gasteiger partial charge is 0.507 e. The molecule has 18 heteroatoms. The molecule has 508 valence electrons. The summed E-state index contributed by atoms with van der Waals surface area (Å²) in [6, 6.07) is 36.0. The monoisotopic (exact) mass is 1420 g/mol. The van der Waals surface area contributed by atoms with Crippen LogP contribution < -0.4 is 15.5 Å². The van der Waals surface area contributed by atoms with Gasteiger partial charge in [0, 0.05) is 83.1 Å². The van der Waals surface area contributed by atoms with Gasteiger partial charge in [0.1, 0.15) is 34.3 Å². The summed E-state index contributed by atoms with van der Waals surface area (Å²) in [5.74, 6) is 0.755. The molecule has 12 nitrogen and oxygen atoms in total. The van der Waals surface area contributed by atoms with Crippen molar-refractivity contribution in [1.82, 2.24) is 5.32 Å². The molecule has 11 aliphatic heterocycles. The Morgan fingerprint density at radius 1 is 0.776 bits per heavy atom. The van der Waals surface area contributed by atoms with E-state index < -0.39 is 51.5 Å². The van der Waals surface area contributed by atoms with E-state index >= 15 is 9.59 Å². The summed E-state index contributed by atoms with van der Waals surface area (Å²) in [4.78, 5) is 31.8. The van der Waals surface area contributed by atoms with Gasteiger partial charge in [-0.3, -0.25) is 9.59 Å². The summed E-state index contributed by atoms with van der Waals surface area (Å²) in [7, 11) is 10.5. The fourth-order valence-corrected chi connectivity index (χ4v) is 27.8. The van der Waals surface area contributed by atoms with E-state index in [0.717, 1.165) is 73.9 Å². The Kier molecular flexibility index (Phi) is 17.5. The lowest BCUT2D eigenvalue weighted by molar-refractivity contribution is -0.122. The molecule has 98 heavy (non-hydrogen) atoms. The average Bonchev–Trinajstić information content (AvgIpc) is 0.724. The summed E-state index contributed by atoms with van der Waals surface area (Å²) in [5, 5.41) is 93.4. The average molecular weight is 1420 g/mol. The highest BCUT2D eigenvalue weighted by Crippen LogP contribution is 2.65. The van der Waals surface area contributed by atoms with Crippen molar-refractivity contribution in [3.05, 3.63) is 198 Å². The number of rotatable bonds is 7. The van der Waals surface area contributed by atoms with Crippen LogP contribution >= 0.6 is 64.8 Å². The van der Waals surface area contributed by atoms with Gasteiger partial charge in [-0.1, -0.05) is 176 Å². The van der Waals surface area contributed by atoms with E-state index in [4.69, 9.17) is 9.15 Å². The van der Waals surface area contributed by atoms with Crippen LogP contribution in [0, 0.1) is 17.8 Å². The van der Waals surface area contributed by atoms with E-state index in [0.29, 0.717) is 103 Å². The predicted octanol–water partition coefficient (Wildman–Crippen LogP) is 15.6. The quantitative estimate of drug-likeness (QED) is 0.0551. The summed E-state index contributed by atoms with van der Waals surface area (Å²) in [6.45, 7) is 4.11. The molecular weight excluding hydrogens is 1340 g/mol. The fraction of sp³-hybridized carbons (Fsp3) is 0.425. The van der Waals surface area contributed by atoms with E-state index in [1.807, 2.05) is 27.7 Å². The van der Waals surface area contributed by atoms with Gasteiger partial charge >= 0.3 is 0 Å². The standard InChI is InChI=1S/C80H81NO11S6/c1-40(2)25-49-31-55-58-37-95-97-65-32-48-27-42-8-4-11-50(28-42)79(39-96-94-38-60(48)81-71(65)47-9-3-7-43(26-47)29-54(58)72(49)86)21-19-52(77(79)89)44-15-13-41(14-16-44)36-80-59-18-17-46-30-45(10-5-22-82)51(20-23-83)53-33-56-67(69(59)66(46)53)57(78(80)90)34-63(61(84)12-6-24-93-98-80)91-76-68(56)62(85)35-64-70(76)73(87)74(88)75(55)92-64/h3-4,7-9,11,13-19,21,26,28,31,33,35,40,45,48,51-52,57,60-61,63,65,71,78,81-86,88,90H,5-6,10,12,20,22-25,27,29-30,32,34,36-39H2,1-2H3. The lowest BCUT2D eigenvalue weighted by Crippen LogP contribution is -2.50. The van der Waals surface area contributed by atoms with E-state index in [9.17, 15) is 35.7 Å². The molecule has 12 heterocycles. The van der Waals surface area contributed by atoms with Gasteiger partial charge in [-0.05, 0) is 190 Å². The number of carbonyl (C=O) groups excluding carboxylic acids is 1. The van der Waals surface area contributed by atoms with Crippen molar-refractivity contribution in [3.63, 3.8) is 0 Å². The Bertz CT molecular complexity index is 4630. The van der Waals surface area contributed by atoms with Gasteiger partial charge in [0.2, 0.25) is 11.2 Å². The minimum atomic E-state index is -1.10. The molecule has 1 aromatic heterocycles. The molecule has 8 aromatic rings. The molecule has 8 N–H and O–H groups in total. The zero-order valence-electron chi connectivity index (χ0n) is 54.8. The van der Waals surface area contributed by atoms with Gasteiger partial charge in [0.05, 0.1) is 33.9 Å². The number of nitrogens with one attached hydrogen (secondary N) is 1. The Morgan fingerprint density at radius 2 is 1.62 bits per heavy atom. The van der Waals surface area contributed by atoms with E-state index in [1.54, 1.807) is 43.2 Å². The van der Waals surface area contributed by atoms with Crippen LogP contribution in [0.5, 0.6) is 23.0 Å². The van der Waals surface area contributed by atoms with Crippen LogP contribution in [0.15, 0.2) is 124 Å². The summed E-state index contributed by atoms with van der Waals surface area (Å²) < 4.78 is 13.4. The molecule has 0 saturated carbocycles. The van der Waals surface area contributed by atoms with Crippen molar-refractivity contribution in [2.45, 2.75) is 160 Å². The second kappa shape index (κ2) is 26.1. The zero-order valence-corrected chi connectivity index (χ0v) is 59.7. The number of allylic oxidation sites excluding steroid dienone is 2. The number of hydrogen-bond acceptors (Lipinski definition) is 18. The number of aromatic hydroxyl groups is 3. The lowest BCUT2D eigenvalue weighted by atomic mass is 9.62. The molecule has 13 atom stereocenters. The number of Topliss-reactive ketones (excluding diaryl/α,β-unsaturated/α-hetero) is 1. The maximum Gasteiger partial charge on any atom is 0.238 e. The van der Waals surface area contributed by atoms with Crippen LogP contribution in [0.2, 0.25) is 0 Å². The molecule has 13 unspecified atom stereocenters. The number of carbonyl (C=O) groups is 1. The molecular formula is C80H81NO11S6. The van der Waals surface area contributed by atoms with Gasteiger partial charge in [0.15, 0.2) is 11.5 Å². The number of ketones is 1. The number of aliphatic hydroxyl groups is 4. The van der Waals surface area contributed by atoms with Gasteiger partial charge in [-0.2, -0.15) is 0 Å². The highest BCUT2D eigenvalue weighted by atomic mass is 33.1. The molecule has 0 amide bonds. The number of aliphatic hydroxyl groups excluding tert-OH is 4. The van der Waals surface area contributed by atoms with Crippen molar-refractivity contribution in [2.75, 3.05) is 30.5 Å². The van der Waals surface area contributed by atoms with Gasteiger partial charge in [-0.25, -0.2) is 0 Å². The first-order chi connectivity index (χ1) is 47.6. The summed E-state index contributed by atoms with van der Waals surface area (Å²) in [5.41, 5.74) is 11.6. The molecule has 0 radical (unpaired) electrons. The van der Waals surface area contributed by atoms with Crippen LogP contribution in [-0.2, 0) is 52.8 Å². The van der Waals surface area contributed by atoms with Crippen molar-refractivity contribution in [2.24, 2.45) is 17.8 Å². The highest BCUT2D eigenvalue weighted by molar-refractivity contribution is 8.77. The maximum absolute atomic E-state index is 16.1. The number of hydrogen-bond donors (Lipinski definition) is 8. The molecule has 2 fully saturated rings. The zero-order chi connectivity index (χ0) is 67.0. The Hall–Kier alpha value is -5.48. The molecule has 7 aromatic carbocycles. The third kappa shape index (κ3) is 10.9. The van der Waals surface area contributed by atoms with Crippen LogP contribution in [0.3, 0.4) is 0 Å². The third-order valence-corrected chi connectivity index (χ3v) is 31.8. The molecule has 14 aliphatic rings. The smallest absolute Gasteiger partial charge is 0.238 e. The van der Waals surface area contributed by atoms with E-state index in [2.05, 4.69) is 122 Å². The number of benzene rings is 7. The highest BCUT2D eigenvalue weighted by Gasteiger charge is 2.55. The Morgan fingerprint density at radius 3 is 2.46 bits per heavy atom. The van der Waals surface area contributed by atoms with Gasteiger partial charge < -0.3 is 50.2 Å². The first-order valence-corrected chi connectivity index (χ1v) is 42.2. The SMILES string of the molecule is CC(C)Cc1cc2c3c(c1O)Cc1cccc(c1)C1NC4CSSCC5(C=CC(C5=O)c5ccc(cc5)CC56SSCCCC(O)C7CC(c8c(cc9c%10c(ccc5c8%10)CC(CCCO)C9CCO)-c5c(O)cc8oc-2c(O)c(=O)c8c5O7)C6O)c2cccc(c2)CC4CC1SSC3. The second-order valence-electron chi connectivity index (χ2n) is 29.5. The van der Waals surface area contributed by atoms with Crippen molar-refractivity contribution in [3.8, 4) is 45.4 Å². The summed E-state index contributed by atoms with van der Waals surface area (Å²) >= 11 is 0. The lowest BCUT2D eigenvalue weighted by Gasteiger charge is -2.49. The Labute approximate surface area is 594 Å². The fourth-order valence-electron chi connectivity index (χ4n) is 18.7. The number of phenols is 2. The number of phenolic OH excluding ortho intramolecular Hbond substituents is 2. The van der Waals surface area contributed by atoms with Crippen LogP contribution in [0.1, 0.15) is 155 Å². The maximum atomic E-state index is 16.1. The number of fused-ring (bicyclic) bond motifs is 4. The minimum Gasteiger partial charge on any atom is -0.507 e. The normalized spacial score (nSPS) is 29.1. The molecule has 22 bridgehead atoms. The Balaban J connectivity index is 0.934. The molecule has 3 aliphatic carbocycles. The molecule has 2 spiro atoms. The first-order valence-electron chi connectivity index (χ1n) is 35.0. The summed E-state index contributed by atoms with van der Waals surface area (Å²) in [6.07, 6.45) is 7.52. The van der Waals surface area contributed by atoms with Gasteiger partial charge in [-0.15, -0.1) is 0 Å². The van der Waals surface area contributed by atoms with Crippen LogP contribution in [0.4, 0.5) is 0 Å². The van der Waals surface area contributed by atoms with Gasteiger partial charge in [0.25, 0.3) is 0 Å². The first kappa shape index (κ1) is 65.8. The van der Waals surface area contributed by atoms with E-state index in [1.165, 1.54) is 17.2 Å². The molecule has 22 rings (SSSR count). The second-order valence-corrected chi connectivity index (χ2v) is 37.4. The van der Waals surface area contributed by atoms with Crippen molar-refractivity contribution >= 4 is 92.3 Å². The molecule has 2 saturated heterocycles. The van der Waals surface area contributed by atoms with Crippen molar-refractivity contribution in [1.29, 1.82) is 0 Å². The third-order valence-electron chi connectivity index (χ3n) is 23.3. The number of ether oxygens (including phenoxy) is 1. The van der Waals surface area contributed by atoms with Crippen LogP contribution in [-0.4, -0.2) is 102 Å². The van der Waals surface area contributed by atoms with Crippen molar-refractivity contribution < 1.29 is 49.7 Å². The predicted molar refractivity (Wildman–Crippen MR) is 401 cm³/mol. The van der Waals surface area contributed by atoms with E-state index in [-0.39, 0.29) is 106 Å². The topological polar surface area (TPSA) is 210 Å². The number of piperidine rings is 1.